The summed E-state index contributed by atoms with van der Waals surface area (Å²) in [5, 5.41) is 3.31. The molecule has 0 amide bonds. The van der Waals surface area contributed by atoms with Gasteiger partial charge in [0.15, 0.2) is 0 Å². The largest absolute Gasteiger partial charge is 0.372 e. The molecule has 0 saturated carbocycles. The van der Waals surface area contributed by atoms with E-state index in [2.05, 4.69) is 41.2 Å². The van der Waals surface area contributed by atoms with Gasteiger partial charge in [0.05, 0.1) is 12.7 Å². The third-order valence-corrected chi connectivity index (χ3v) is 3.28. The minimum atomic E-state index is 0.298. The Morgan fingerprint density at radius 1 is 1.31 bits per heavy atom. The first-order valence-electron chi connectivity index (χ1n) is 5.83. The van der Waals surface area contributed by atoms with Gasteiger partial charge in [0.1, 0.15) is 0 Å². The number of likely N-dealkylation sites (N-methyl/N-ethyl adjacent to an activating group) is 1. The van der Waals surface area contributed by atoms with Gasteiger partial charge in [-0.2, -0.15) is 0 Å². The van der Waals surface area contributed by atoms with Gasteiger partial charge >= 0.3 is 0 Å². The second kappa shape index (κ2) is 7.82. The highest BCUT2D eigenvalue weighted by molar-refractivity contribution is 9.10. The van der Waals surface area contributed by atoms with Crippen molar-refractivity contribution in [3.8, 4) is 0 Å². The summed E-state index contributed by atoms with van der Waals surface area (Å²) in [6.07, 6.45) is 1.34. The van der Waals surface area contributed by atoms with E-state index in [1.165, 1.54) is 5.56 Å². The van der Waals surface area contributed by atoms with E-state index in [9.17, 15) is 0 Å². The van der Waals surface area contributed by atoms with E-state index in [4.69, 9.17) is 4.74 Å². The maximum Gasteiger partial charge on any atom is 0.0732 e. The van der Waals surface area contributed by atoms with Gasteiger partial charge in [-0.25, -0.2) is 0 Å². The van der Waals surface area contributed by atoms with Gasteiger partial charge in [0.2, 0.25) is 0 Å². The Bertz CT molecular complexity index is 304. The van der Waals surface area contributed by atoms with Crippen molar-refractivity contribution in [1.29, 1.82) is 0 Å². The number of hydrogen-bond donors (Lipinski definition) is 1. The fourth-order valence-electron chi connectivity index (χ4n) is 1.45. The van der Waals surface area contributed by atoms with Crippen LogP contribution in [0, 0.1) is 0 Å². The van der Waals surface area contributed by atoms with Crippen molar-refractivity contribution >= 4 is 15.9 Å². The summed E-state index contributed by atoms with van der Waals surface area (Å²) < 4.78 is 6.99. The molecule has 0 fully saturated rings. The fraction of sp³-hybridized carbons (Fsp3) is 0.538. The molecule has 2 nitrogen and oxygen atoms in total. The molecule has 0 aliphatic heterocycles. The molecule has 0 radical (unpaired) electrons. The minimum Gasteiger partial charge on any atom is -0.372 e. The van der Waals surface area contributed by atoms with E-state index in [0.717, 1.165) is 24.0 Å². The van der Waals surface area contributed by atoms with Crippen LogP contribution in [-0.2, 0) is 11.3 Å². The molecule has 1 N–H and O–H groups in total. The summed E-state index contributed by atoms with van der Waals surface area (Å²) in [4.78, 5) is 0. The standard InChI is InChI=1S/C13H20BrNO/c1-3-12(9-15-4-2)16-10-11-7-5-6-8-13(11)14/h5-8,12,15H,3-4,9-10H2,1-2H3. The van der Waals surface area contributed by atoms with E-state index < -0.39 is 0 Å². The topological polar surface area (TPSA) is 21.3 Å². The Kier molecular flexibility index (Phi) is 6.69. The van der Waals surface area contributed by atoms with Crippen molar-refractivity contribution < 1.29 is 4.74 Å². The smallest absolute Gasteiger partial charge is 0.0732 e. The molecule has 1 rings (SSSR count). The first-order valence-corrected chi connectivity index (χ1v) is 6.63. The van der Waals surface area contributed by atoms with Crippen LogP contribution in [0.1, 0.15) is 25.8 Å². The molecule has 16 heavy (non-hydrogen) atoms. The van der Waals surface area contributed by atoms with Crippen molar-refractivity contribution in [3.63, 3.8) is 0 Å². The molecule has 1 atom stereocenters. The molecule has 0 aliphatic rings. The lowest BCUT2D eigenvalue weighted by molar-refractivity contribution is 0.0385. The summed E-state index contributed by atoms with van der Waals surface area (Å²) in [5.74, 6) is 0. The van der Waals surface area contributed by atoms with E-state index in [-0.39, 0.29) is 0 Å². The third-order valence-electron chi connectivity index (χ3n) is 2.51. The zero-order valence-electron chi connectivity index (χ0n) is 10.0. The molecule has 0 aromatic heterocycles. The molecule has 0 saturated heterocycles. The van der Waals surface area contributed by atoms with Gasteiger partial charge in [-0.05, 0) is 24.6 Å². The van der Waals surface area contributed by atoms with E-state index in [0.29, 0.717) is 12.7 Å². The highest BCUT2D eigenvalue weighted by atomic mass is 79.9. The average Bonchev–Trinajstić information content (AvgIpc) is 2.31. The van der Waals surface area contributed by atoms with E-state index in [1.807, 2.05) is 18.2 Å². The highest BCUT2D eigenvalue weighted by Gasteiger charge is 2.06. The zero-order chi connectivity index (χ0) is 11.8. The minimum absolute atomic E-state index is 0.298. The molecule has 1 aromatic carbocycles. The summed E-state index contributed by atoms with van der Waals surface area (Å²) in [6, 6.07) is 8.19. The number of halogens is 1. The Labute approximate surface area is 107 Å². The monoisotopic (exact) mass is 285 g/mol. The predicted molar refractivity (Wildman–Crippen MR) is 71.6 cm³/mol. The molecule has 0 aliphatic carbocycles. The van der Waals surface area contributed by atoms with Crippen LogP contribution in [0.3, 0.4) is 0 Å². The van der Waals surface area contributed by atoms with Gasteiger partial charge < -0.3 is 10.1 Å². The van der Waals surface area contributed by atoms with Gasteiger partial charge in [-0.3, -0.25) is 0 Å². The summed E-state index contributed by atoms with van der Waals surface area (Å²) in [7, 11) is 0. The molecule has 1 unspecified atom stereocenters. The molecular weight excluding hydrogens is 266 g/mol. The Morgan fingerprint density at radius 2 is 2.06 bits per heavy atom. The Hall–Kier alpha value is -0.380. The van der Waals surface area contributed by atoms with Crippen LogP contribution in [-0.4, -0.2) is 19.2 Å². The van der Waals surface area contributed by atoms with Gasteiger partial charge in [-0.15, -0.1) is 0 Å². The lowest BCUT2D eigenvalue weighted by Gasteiger charge is -2.16. The number of hydrogen-bond acceptors (Lipinski definition) is 2. The quantitative estimate of drug-likeness (QED) is 0.830. The van der Waals surface area contributed by atoms with Crippen molar-refractivity contribution in [2.24, 2.45) is 0 Å². The lowest BCUT2D eigenvalue weighted by atomic mass is 10.2. The normalized spacial score (nSPS) is 12.7. The zero-order valence-corrected chi connectivity index (χ0v) is 11.6. The average molecular weight is 286 g/mol. The number of nitrogens with one attached hydrogen (secondary N) is 1. The summed E-state index contributed by atoms with van der Waals surface area (Å²) in [6.45, 7) is 6.86. The fourth-order valence-corrected chi connectivity index (χ4v) is 1.85. The van der Waals surface area contributed by atoms with E-state index in [1.54, 1.807) is 0 Å². The molecule has 0 heterocycles. The number of ether oxygens (including phenoxy) is 1. The van der Waals surface area contributed by atoms with Gasteiger partial charge in [0.25, 0.3) is 0 Å². The summed E-state index contributed by atoms with van der Waals surface area (Å²) in [5.41, 5.74) is 1.21. The van der Waals surface area contributed by atoms with Gasteiger partial charge in [-0.1, -0.05) is 48.0 Å². The maximum atomic E-state index is 5.87. The van der Waals surface area contributed by atoms with Crippen molar-refractivity contribution in [3.05, 3.63) is 34.3 Å². The second-order valence-corrected chi connectivity index (χ2v) is 4.59. The van der Waals surface area contributed by atoms with Crippen molar-refractivity contribution in [2.45, 2.75) is 33.0 Å². The van der Waals surface area contributed by atoms with Crippen LogP contribution in [0.2, 0.25) is 0 Å². The van der Waals surface area contributed by atoms with E-state index >= 15 is 0 Å². The van der Waals surface area contributed by atoms with Crippen LogP contribution >= 0.6 is 15.9 Å². The SMILES string of the molecule is CCNCC(CC)OCc1ccccc1Br. The summed E-state index contributed by atoms with van der Waals surface area (Å²) >= 11 is 3.53. The van der Waals surface area contributed by atoms with Crippen LogP contribution in [0.15, 0.2) is 28.7 Å². The molecule has 90 valence electrons. The van der Waals surface area contributed by atoms with Crippen LogP contribution in [0.25, 0.3) is 0 Å². The lowest BCUT2D eigenvalue weighted by Crippen LogP contribution is -2.28. The molecule has 3 heteroatoms. The predicted octanol–water partition coefficient (Wildman–Crippen LogP) is 3.35. The van der Waals surface area contributed by atoms with Crippen LogP contribution < -0.4 is 5.32 Å². The Balaban J connectivity index is 2.40. The second-order valence-electron chi connectivity index (χ2n) is 3.74. The van der Waals surface area contributed by atoms with Gasteiger partial charge in [0, 0.05) is 11.0 Å². The van der Waals surface area contributed by atoms with Crippen molar-refractivity contribution in [2.75, 3.05) is 13.1 Å². The molecule has 1 aromatic rings. The molecular formula is C13H20BrNO. The number of rotatable bonds is 7. The maximum absolute atomic E-state index is 5.87. The molecule has 0 spiro atoms. The third kappa shape index (κ3) is 4.64. The molecule has 0 bridgehead atoms. The first-order chi connectivity index (χ1) is 7.77. The highest BCUT2D eigenvalue weighted by Crippen LogP contribution is 2.17. The van der Waals surface area contributed by atoms with Crippen LogP contribution in [0.4, 0.5) is 0 Å². The van der Waals surface area contributed by atoms with Crippen molar-refractivity contribution in [1.82, 2.24) is 5.32 Å². The van der Waals surface area contributed by atoms with Crippen LogP contribution in [0.5, 0.6) is 0 Å². The first kappa shape index (κ1) is 13.7. The Morgan fingerprint density at radius 3 is 2.69 bits per heavy atom. The number of benzene rings is 1.